The van der Waals surface area contributed by atoms with Gasteiger partial charge in [0.25, 0.3) is 0 Å². The smallest absolute Gasteiger partial charge is 0.0226 e. The molecular weight excluding hydrogens is 290 g/mol. The predicted molar refractivity (Wildman–Crippen MR) is 101 cm³/mol. The first-order valence-electron chi connectivity index (χ1n) is 6.98. The fourth-order valence-electron chi connectivity index (χ4n) is 1.81. The zero-order valence-electron chi connectivity index (χ0n) is 12.2. The maximum atomic E-state index is 2.19. The monoisotopic (exact) mass is 310 g/mol. The lowest BCUT2D eigenvalue weighted by Gasteiger charge is -2.00. The predicted octanol–water partition coefficient (Wildman–Crippen LogP) is 3.94. The molecule has 0 N–H and O–H groups in total. The van der Waals surface area contributed by atoms with Crippen LogP contribution in [0.1, 0.15) is 0 Å². The van der Waals surface area contributed by atoms with E-state index in [1.165, 1.54) is 15.9 Å². The molecule has 1 atom stereocenters. The van der Waals surface area contributed by atoms with E-state index >= 15 is 0 Å². The van der Waals surface area contributed by atoms with Gasteiger partial charge >= 0.3 is 0 Å². The largest absolute Gasteiger partial charge is 0.0936 e. The SMILES string of the molecule is CPc1ccccc1.c1ccc(Pc2ccccc2)cc1. The second-order valence-corrected chi connectivity index (χ2v) is 6.96. The summed E-state index contributed by atoms with van der Waals surface area (Å²) >= 11 is 0. The Balaban J connectivity index is 0.000000173. The molecule has 0 aromatic heterocycles. The Labute approximate surface area is 131 Å². The van der Waals surface area contributed by atoms with E-state index in [2.05, 4.69) is 91.6 Å². The Kier molecular flexibility index (Phi) is 7.16. The Morgan fingerprint density at radius 3 is 1.10 bits per heavy atom. The molecule has 0 amide bonds. The van der Waals surface area contributed by atoms with Crippen LogP contribution < -0.4 is 15.9 Å². The van der Waals surface area contributed by atoms with Crippen LogP contribution in [0.5, 0.6) is 0 Å². The van der Waals surface area contributed by atoms with E-state index in [4.69, 9.17) is 0 Å². The number of rotatable bonds is 3. The lowest BCUT2D eigenvalue weighted by Crippen LogP contribution is -2.01. The van der Waals surface area contributed by atoms with Crippen molar-refractivity contribution in [3.63, 3.8) is 0 Å². The molecule has 0 saturated heterocycles. The topological polar surface area (TPSA) is 0 Å². The summed E-state index contributed by atoms with van der Waals surface area (Å²) in [5.41, 5.74) is 0. The fourth-order valence-corrected chi connectivity index (χ4v) is 3.39. The Bertz CT molecular complexity index is 569. The second-order valence-electron chi connectivity index (χ2n) is 4.47. The molecule has 0 aliphatic carbocycles. The van der Waals surface area contributed by atoms with Crippen LogP contribution >= 0.6 is 17.2 Å². The van der Waals surface area contributed by atoms with E-state index in [1.54, 1.807) is 0 Å². The Morgan fingerprint density at radius 1 is 0.476 bits per heavy atom. The molecular formula is C19H20P2. The zero-order valence-corrected chi connectivity index (χ0v) is 14.2. The van der Waals surface area contributed by atoms with Gasteiger partial charge in [-0.1, -0.05) is 108 Å². The third kappa shape index (κ3) is 6.21. The molecule has 0 aliphatic rings. The normalized spacial score (nSPS) is 10.1. The van der Waals surface area contributed by atoms with Gasteiger partial charge in [-0.2, -0.15) is 0 Å². The van der Waals surface area contributed by atoms with Crippen LogP contribution in [0.2, 0.25) is 0 Å². The van der Waals surface area contributed by atoms with E-state index in [-0.39, 0.29) is 0 Å². The van der Waals surface area contributed by atoms with Crippen molar-refractivity contribution in [2.24, 2.45) is 0 Å². The molecule has 0 spiro atoms. The number of hydrogen-bond donors (Lipinski definition) is 0. The highest BCUT2D eigenvalue weighted by atomic mass is 31.1. The van der Waals surface area contributed by atoms with Crippen molar-refractivity contribution >= 4 is 33.1 Å². The third-order valence-corrected chi connectivity index (χ3v) is 5.05. The summed E-state index contributed by atoms with van der Waals surface area (Å²) in [6, 6.07) is 31.6. The summed E-state index contributed by atoms with van der Waals surface area (Å²) in [6.07, 6.45) is 0. The van der Waals surface area contributed by atoms with E-state index in [0.29, 0.717) is 0 Å². The Morgan fingerprint density at radius 2 is 0.810 bits per heavy atom. The van der Waals surface area contributed by atoms with Gasteiger partial charge in [0.05, 0.1) is 0 Å². The quantitative estimate of drug-likeness (QED) is 0.643. The fraction of sp³-hybridized carbons (Fsp3) is 0.0526. The van der Waals surface area contributed by atoms with Crippen LogP contribution in [-0.2, 0) is 0 Å². The molecule has 0 fully saturated rings. The summed E-state index contributed by atoms with van der Waals surface area (Å²) < 4.78 is 0. The summed E-state index contributed by atoms with van der Waals surface area (Å²) in [5, 5.41) is 4.23. The highest BCUT2D eigenvalue weighted by molar-refractivity contribution is 7.55. The number of benzene rings is 3. The summed E-state index contributed by atoms with van der Waals surface area (Å²) in [5.74, 6) is 0. The molecule has 21 heavy (non-hydrogen) atoms. The van der Waals surface area contributed by atoms with Gasteiger partial charge in [0.15, 0.2) is 0 Å². The van der Waals surface area contributed by atoms with Crippen molar-refractivity contribution in [3.05, 3.63) is 91.0 Å². The van der Waals surface area contributed by atoms with Gasteiger partial charge in [-0.3, -0.25) is 0 Å². The van der Waals surface area contributed by atoms with Crippen LogP contribution in [0.4, 0.5) is 0 Å². The molecule has 2 heteroatoms. The molecule has 3 aromatic carbocycles. The lowest BCUT2D eigenvalue weighted by molar-refractivity contribution is 1.76. The van der Waals surface area contributed by atoms with Crippen molar-refractivity contribution in [2.45, 2.75) is 0 Å². The van der Waals surface area contributed by atoms with Crippen LogP contribution in [0, 0.1) is 0 Å². The summed E-state index contributed by atoms with van der Waals surface area (Å²) in [6.45, 7) is 2.19. The third-order valence-electron chi connectivity index (χ3n) is 2.90. The first-order valence-corrected chi connectivity index (χ1v) is 9.48. The first kappa shape index (κ1) is 15.9. The molecule has 0 nitrogen and oxygen atoms in total. The maximum absolute atomic E-state index is 2.19. The minimum atomic E-state index is 0.777. The van der Waals surface area contributed by atoms with Crippen molar-refractivity contribution in [1.82, 2.24) is 0 Å². The van der Waals surface area contributed by atoms with Crippen molar-refractivity contribution < 1.29 is 0 Å². The molecule has 0 saturated carbocycles. The van der Waals surface area contributed by atoms with Gasteiger partial charge in [0.2, 0.25) is 0 Å². The van der Waals surface area contributed by atoms with E-state index in [0.717, 1.165) is 17.2 Å². The van der Waals surface area contributed by atoms with Crippen LogP contribution in [0.15, 0.2) is 91.0 Å². The maximum Gasteiger partial charge on any atom is -0.0226 e. The highest BCUT2D eigenvalue weighted by Gasteiger charge is 1.92. The Hall–Kier alpha value is -1.48. The van der Waals surface area contributed by atoms with Crippen LogP contribution in [0.25, 0.3) is 0 Å². The van der Waals surface area contributed by atoms with Crippen molar-refractivity contribution in [2.75, 3.05) is 6.66 Å². The second kappa shape index (κ2) is 9.46. The average Bonchev–Trinajstić information content (AvgIpc) is 2.58. The standard InChI is InChI=1S/C12H11P.C7H9P/c1-3-7-11(8-4-1)13-12-9-5-2-6-10-12;1-8-7-5-3-2-4-6-7/h1-10,13H;2-6,8H,1H3. The van der Waals surface area contributed by atoms with Crippen LogP contribution in [-0.4, -0.2) is 6.66 Å². The molecule has 3 aromatic rings. The van der Waals surface area contributed by atoms with Gasteiger partial charge in [-0.25, -0.2) is 0 Å². The molecule has 0 radical (unpaired) electrons. The van der Waals surface area contributed by atoms with Gasteiger partial charge in [-0.05, 0) is 22.6 Å². The molecule has 1 unspecified atom stereocenters. The highest BCUT2D eigenvalue weighted by Crippen LogP contribution is 2.08. The van der Waals surface area contributed by atoms with Gasteiger partial charge in [0.1, 0.15) is 0 Å². The minimum absolute atomic E-state index is 0.777. The zero-order chi connectivity index (χ0) is 14.8. The van der Waals surface area contributed by atoms with Crippen molar-refractivity contribution in [1.29, 1.82) is 0 Å². The van der Waals surface area contributed by atoms with Crippen LogP contribution in [0.3, 0.4) is 0 Å². The van der Waals surface area contributed by atoms with Gasteiger partial charge in [-0.15, -0.1) is 0 Å². The summed E-state index contributed by atoms with van der Waals surface area (Å²) in [7, 11) is 1.71. The summed E-state index contributed by atoms with van der Waals surface area (Å²) in [4.78, 5) is 0. The van der Waals surface area contributed by atoms with E-state index in [9.17, 15) is 0 Å². The molecule has 0 bridgehead atoms. The van der Waals surface area contributed by atoms with Crippen molar-refractivity contribution in [3.8, 4) is 0 Å². The van der Waals surface area contributed by atoms with E-state index < -0.39 is 0 Å². The average molecular weight is 310 g/mol. The van der Waals surface area contributed by atoms with Gasteiger partial charge < -0.3 is 0 Å². The first-order chi connectivity index (χ1) is 10.4. The molecule has 106 valence electrons. The number of hydrogen-bond acceptors (Lipinski definition) is 0. The minimum Gasteiger partial charge on any atom is -0.0936 e. The molecule has 0 heterocycles. The van der Waals surface area contributed by atoms with E-state index in [1.807, 2.05) is 6.07 Å². The lowest BCUT2D eigenvalue weighted by atomic mass is 10.4. The molecule has 0 aliphatic heterocycles. The van der Waals surface area contributed by atoms with Gasteiger partial charge in [0, 0.05) is 0 Å². The molecule has 3 rings (SSSR count).